The molecule has 1 aromatic heterocycles. The molecule has 0 amide bonds. The van der Waals surface area contributed by atoms with Crippen LogP contribution in [0.1, 0.15) is 37.6 Å². The van der Waals surface area contributed by atoms with Gasteiger partial charge < -0.3 is 5.32 Å². The van der Waals surface area contributed by atoms with Crippen molar-refractivity contribution < 1.29 is 4.92 Å². The SMILES string of the molecule is CCCn1nc(C)c([N+](=O)[O-])c1CC(NC)C1CC1. The van der Waals surface area contributed by atoms with Crippen molar-refractivity contribution >= 4 is 5.69 Å². The van der Waals surface area contributed by atoms with Crippen molar-refractivity contribution in [3.8, 4) is 0 Å². The Balaban J connectivity index is 2.31. The maximum Gasteiger partial charge on any atom is 0.313 e. The van der Waals surface area contributed by atoms with E-state index in [0.717, 1.165) is 18.7 Å². The highest BCUT2D eigenvalue weighted by Gasteiger charge is 2.34. The first-order valence-electron chi connectivity index (χ1n) is 6.96. The molecule has 1 fully saturated rings. The number of nitro groups is 1. The zero-order valence-corrected chi connectivity index (χ0v) is 11.8. The van der Waals surface area contributed by atoms with Gasteiger partial charge in [-0.25, -0.2) is 0 Å². The van der Waals surface area contributed by atoms with Gasteiger partial charge in [-0.05, 0) is 39.2 Å². The summed E-state index contributed by atoms with van der Waals surface area (Å²) in [5.74, 6) is 0.662. The van der Waals surface area contributed by atoms with E-state index in [4.69, 9.17) is 0 Å². The van der Waals surface area contributed by atoms with Gasteiger partial charge in [-0.1, -0.05) is 6.92 Å². The Labute approximate surface area is 113 Å². The third-order valence-corrected chi connectivity index (χ3v) is 3.79. The number of hydrogen-bond donors (Lipinski definition) is 1. The number of nitrogens with zero attached hydrogens (tertiary/aromatic N) is 3. The number of aromatic nitrogens is 2. The Hall–Kier alpha value is -1.43. The fourth-order valence-corrected chi connectivity index (χ4v) is 2.67. The van der Waals surface area contributed by atoms with E-state index in [1.54, 1.807) is 6.92 Å². The summed E-state index contributed by atoms with van der Waals surface area (Å²) in [7, 11) is 1.93. The van der Waals surface area contributed by atoms with E-state index in [1.807, 2.05) is 11.7 Å². The maximum absolute atomic E-state index is 11.2. The Morgan fingerprint density at radius 3 is 2.74 bits per heavy atom. The number of hydrogen-bond acceptors (Lipinski definition) is 4. The van der Waals surface area contributed by atoms with E-state index in [9.17, 15) is 10.1 Å². The van der Waals surface area contributed by atoms with Crippen LogP contribution >= 0.6 is 0 Å². The molecule has 1 aliphatic rings. The van der Waals surface area contributed by atoms with Gasteiger partial charge in [0, 0.05) is 19.0 Å². The molecule has 1 unspecified atom stereocenters. The van der Waals surface area contributed by atoms with Crippen molar-refractivity contribution in [2.75, 3.05) is 7.05 Å². The molecule has 1 aromatic rings. The molecule has 0 aromatic carbocycles. The Bertz CT molecular complexity index is 465. The molecule has 0 saturated heterocycles. The minimum absolute atomic E-state index is 0.203. The first kappa shape index (κ1) is 14.0. The van der Waals surface area contributed by atoms with Gasteiger partial charge in [-0.15, -0.1) is 0 Å². The third-order valence-electron chi connectivity index (χ3n) is 3.79. The van der Waals surface area contributed by atoms with Gasteiger partial charge >= 0.3 is 5.69 Å². The van der Waals surface area contributed by atoms with Gasteiger partial charge in [0.1, 0.15) is 11.4 Å². The fraction of sp³-hybridized carbons (Fsp3) is 0.769. The van der Waals surface area contributed by atoms with Crippen LogP contribution in [0.25, 0.3) is 0 Å². The second-order valence-electron chi connectivity index (χ2n) is 5.30. The van der Waals surface area contributed by atoms with Crippen molar-refractivity contribution in [2.45, 2.75) is 52.1 Å². The van der Waals surface area contributed by atoms with E-state index in [1.165, 1.54) is 12.8 Å². The lowest BCUT2D eigenvalue weighted by molar-refractivity contribution is -0.386. The van der Waals surface area contributed by atoms with Crippen LogP contribution in [0.4, 0.5) is 5.69 Å². The smallest absolute Gasteiger partial charge is 0.313 e. The van der Waals surface area contributed by atoms with Crippen molar-refractivity contribution in [1.29, 1.82) is 0 Å². The lowest BCUT2D eigenvalue weighted by Crippen LogP contribution is -2.31. The van der Waals surface area contributed by atoms with Crippen LogP contribution < -0.4 is 5.32 Å². The highest BCUT2D eigenvalue weighted by molar-refractivity contribution is 5.41. The zero-order valence-electron chi connectivity index (χ0n) is 11.8. The predicted octanol–water partition coefficient (Wildman–Crippen LogP) is 2.05. The fourth-order valence-electron chi connectivity index (χ4n) is 2.67. The Kier molecular flexibility index (Phi) is 4.19. The molecular formula is C13H22N4O2. The van der Waals surface area contributed by atoms with Gasteiger partial charge in [-0.2, -0.15) is 5.10 Å². The van der Waals surface area contributed by atoms with Crippen LogP contribution in [0.5, 0.6) is 0 Å². The van der Waals surface area contributed by atoms with Crippen LogP contribution in [-0.4, -0.2) is 27.8 Å². The molecule has 0 aliphatic heterocycles. The maximum atomic E-state index is 11.2. The average Bonchev–Trinajstić information content (AvgIpc) is 3.13. The molecule has 0 spiro atoms. The molecule has 1 heterocycles. The minimum atomic E-state index is -0.288. The van der Waals surface area contributed by atoms with Crippen LogP contribution in [0.15, 0.2) is 0 Å². The third kappa shape index (κ3) is 2.94. The predicted molar refractivity (Wildman–Crippen MR) is 73.2 cm³/mol. The van der Waals surface area contributed by atoms with Crippen molar-refractivity contribution in [2.24, 2.45) is 5.92 Å². The van der Waals surface area contributed by atoms with E-state index >= 15 is 0 Å². The molecule has 6 heteroatoms. The first-order valence-corrected chi connectivity index (χ1v) is 6.96. The molecule has 1 saturated carbocycles. The van der Waals surface area contributed by atoms with Crippen molar-refractivity contribution in [1.82, 2.24) is 15.1 Å². The zero-order chi connectivity index (χ0) is 14.0. The van der Waals surface area contributed by atoms with Gasteiger partial charge in [0.25, 0.3) is 0 Å². The van der Waals surface area contributed by atoms with Gasteiger partial charge in [-0.3, -0.25) is 14.8 Å². The van der Waals surface area contributed by atoms with Gasteiger partial charge in [0.05, 0.1) is 4.92 Å². The van der Waals surface area contributed by atoms with Crippen LogP contribution in [0, 0.1) is 23.0 Å². The summed E-state index contributed by atoms with van der Waals surface area (Å²) in [4.78, 5) is 11.0. The van der Waals surface area contributed by atoms with E-state index in [-0.39, 0.29) is 10.6 Å². The van der Waals surface area contributed by atoms with Crippen LogP contribution in [0.2, 0.25) is 0 Å². The van der Waals surface area contributed by atoms with E-state index < -0.39 is 0 Å². The van der Waals surface area contributed by atoms with Crippen molar-refractivity contribution in [3.63, 3.8) is 0 Å². The lowest BCUT2D eigenvalue weighted by atomic mass is 10.1. The first-order chi connectivity index (χ1) is 9.08. The summed E-state index contributed by atoms with van der Waals surface area (Å²) in [6.45, 7) is 4.52. The van der Waals surface area contributed by atoms with Crippen LogP contribution in [-0.2, 0) is 13.0 Å². The number of nitrogens with one attached hydrogen (secondary N) is 1. The molecule has 19 heavy (non-hydrogen) atoms. The summed E-state index contributed by atoms with van der Waals surface area (Å²) in [6, 6.07) is 0.324. The summed E-state index contributed by atoms with van der Waals surface area (Å²) >= 11 is 0. The number of aryl methyl sites for hydroxylation is 2. The molecule has 1 aliphatic carbocycles. The second kappa shape index (κ2) is 5.69. The molecule has 0 bridgehead atoms. The number of likely N-dealkylation sites (N-methyl/N-ethyl adjacent to an activating group) is 1. The minimum Gasteiger partial charge on any atom is -0.316 e. The largest absolute Gasteiger partial charge is 0.316 e. The quantitative estimate of drug-likeness (QED) is 0.605. The average molecular weight is 266 g/mol. The molecule has 2 rings (SSSR count). The summed E-state index contributed by atoms with van der Waals surface area (Å²) in [5.41, 5.74) is 1.50. The molecule has 1 atom stereocenters. The highest BCUT2D eigenvalue weighted by Crippen LogP contribution is 2.35. The standard InChI is InChI=1S/C13H22N4O2/c1-4-7-16-12(8-11(14-3)10-5-6-10)13(17(18)19)9(2)15-16/h10-11,14H,4-8H2,1-3H3. The van der Waals surface area contributed by atoms with Gasteiger partial charge in [0.15, 0.2) is 0 Å². The Morgan fingerprint density at radius 1 is 1.58 bits per heavy atom. The molecule has 0 radical (unpaired) electrons. The van der Waals surface area contributed by atoms with E-state index in [0.29, 0.717) is 24.1 Å². The normalized spacial score (nSPS) is 16.6. The summed E-state index contributed by atoms with van der Waals surface area (Å²) in [6.07, 6.45) is 4.07. The van der Waals surface area contributed by atoms with Crippen LogP contribution in [0.3, 0.4) is 0 Å². The molecule has 106 valence electrons. The second-order valence-corrected chi connectivity index (χ2v) is 5.30. The van der Waals surface area contributed by atoms with E-state index in [2.05, 4.69) is 17.3 Å². The Morgan fingerprint density at radius 2 is 2.26 bits per heavy atom. The number of rotatable bonds is 7. The monoisotopic (exact) mass is 266 g/mol. The highest BCUT2D eigenvalue weighted by atomic mass is 16.6. The molecule has 6 nitrogen and oxygen atoms in total. The topological polar surface area (TPSA) is 73.0 Å². The summed E-state index contributed by atoms with van der Waals surface area (Å²) in [5, 5.41) is 18.9. The van der Waals surface area contributed by atoms with Gasteiger partial charge in [0.2, 0.25) is 0 Å². The molecule has 1 N–H and O–H groups in total. The lowest BCUT2D eigenvalue weighted by Gasteiger charge is -2.15. The van der Waals surface area contributed by atoms with Crippen molar-refractivity contribution in [3.05, 3.63) is 21.5 Å². The molecular weight excluding hydrogens is 244 g/mol. The summed E-state index contributed by atoms with van der Waals surface area (Å²) < 4.78 is 1.82.